The fourth-order valence-corrected chi connectivity index (χ4v) is 1.87. The Morgan fingerprint density at radius 1 is 1.22 bits per heavy atom. The van der Waals surface area contributed by atoms with Crippen LogP contribution in [0.4, 0.5) is 17.5 Å². The number of ether oxygens (including phenoxy) is 1. The summed E-state index contributed by atoms with van der Waals surface area (Å²) in [5.41, 5.74) is 1.32. The first kappa shape index (κ1) is 16.7. The number of hydrogen-bond acceptors (Lipinski definition) is 7. The Bertz CT molecular complexity index is 631. The van der Waals surface area contributed by atoms with Crippen molar-refractivity contribution in [3.8, 4) is 0 Å². The lowest BCUT2D eigenvalue weighted by atomic mass is 10.2. The molecule has 7 nitrogen and oxygen atoms in total. The van der Waals surface area contributed by atoms with Gasteiger partial charge in [-0.3, -0.25) is 0 Å². The molecule has 7 heteroatoms. The third kappa shape index (κ3) is 5.21. The van der Waals surface area contributed by atoms with Gasteiger partial charge in [-0.2, -0.15) is 10.1 Å². The largest absolute Gasteiger partial charge is 0.462 e. The summed E-state index contributed by atoms with van der Waals surface area (Å²) < 4.78 is 4.95. The summed E-state index contributed by atoms with van der Waals surface area (Å²) in [7, 11) is 0. The van der Waals surface area contributed by atoms with Gasteiger partial charge in [0, 0.05) is 12.2 Å². The highest BCUT2D eigenvalue weighted by Gasteiger charge is 2.06. The van der Waals surface area contributed by atoms with E-state index in [1.807, 2.05) is 0 Å². The van der Waals surface area contributed by atoms with Gasteiger partial charge in [0.05, 0.1) is 18.4 Å². The van der Waals surface area contributed by atoms with Crippen LogP contribution in [0.2, 0.25) is 0 Å². The van der Waals surface area contributed by atoms with Gasteiger partial charge < -0.3 is 15.4 Å². The minimum absolute atomic E-state index is 0.329. The third-order valence-electron chi connectivity index (χ3n) is 3.04. The molecule has 0 fully saturated rings. The van der Waals surface area contributed by atoms with Crippen molar-refractivity contribution in [1.82, 2.24) is 15.2 Å². The molecule has 122 valence electrons. The van der Waals surface area contributed by atoms with E-state index < -0.39 is 0 Å². The molecule has 1 heterocycles. The lowest BCUT2D eigenvalue weighted by Gasteiger charge is -2.08. The molecule has 2 aromatic rings. The molecule has 0 unspecified atom stereocenters. The van der Waals surface area contributed by atoms with Gasteiger partial charge in [-0.05, 0) is 37.6 Å². The van der Waals surface area contributed by atoms with Gasteiger partial charge in [0.15, 0.2) is 5.82 Å². The first-order chi connectivity index (χ1) is 11.2. The SMILES string of the molecule is CCCCNc1nncc(Nc2ccc(C(=O)OCC)cc2)n1. The van der Waals surface area contributed by atoms with E-state index >= 15 is 0 Å². The highest BCUT2D eigenvalue weighted by atomic mass is 16.5. The first-order valence-electron chi connectivity index (χ1n) is 7.70. The number of carbonyl (C=O) groups is 1. The van der Waals surface area contributed by atoms with Gasteiger partial charge in [0.2, 0.25) is 5.95 Å². The van der Waals surface area contributed by atoms with Crippen molar-refractivity contribution < 1.29 is 9.53 Å². The molecule has 0 aliphatic heterocycles. The fraction of sp³-hybridized carbons (Fsp3) is 0.375. The van der Waals surface area contributed by atoms with Crippen LogP contribution < -0.4 is 10.6 Å². The maximum absolute atomic E-state index is 11.6. The molecule has 0 spiro atoms. The van der Waals surface area contributed by atoms with Crippen LogP contribution in [0.3, 0.4) is 0 Å². The van der Waals surface area contributed by atoms with E-state index in [2.05, 4.69) is 32.7 Å². The number of anilines is 3. The highest BCUT2D eigenvalue weighted by Crippen LogP contribution is 2.15. The monoisotopic (exact) mass is 315 g/mol. The zero-order chi connectivity index (χ0) is 16.5. The van der Waals surface area contributed by atoms with E-state index in [9.17, 15) is 4.79 Å². The van der Waals surface area contributed by atoms with Crippen molar-refractivity contribution in [2.45, 2.75) is 26.7 Å². The van der Waals surface area contributed by atoms with Crippen LogP contribution in [0.25, 0.3) is 0 Å². The van der Waals surface area contributed by atoms with Gasteiger partial charge in [0.25, 0.3) is 0 Å². The number of carbonyl (C=O) groups excluding carboxylic acids is 1. The summed E-state index contributed by atoms with van der Waals surface area (Å²) in [4.78, 5) is 15.9. The molecule has 0 aliphatic rings. The van der Waals surface area contributed by atoms with E-state index in [0.29, 0.717) is 23.9 Å². The van der Waals surface area contributed by atoms with E-state index in [1.165, 1.54) is 0 Å². The maximum Gasteiger partial charge on any atom is 0.338 e. The molecule has 2 rings (SSSR count). The first-order valence-corrected chi connectivity index (χ1v) is 7.70. The predicted octanol–water partition coefficient (Wildman–Crippen LogP) is 3.00. The lowest BCUT2D eigenvalue weighted by Crippen LogP contribution is -2.07. The van der Waals surface area contributed by atoms with Crippen molar-refractivity contribution in [1.29, 1.82) is 0 Å². The Labute approximate surface area is 135 Å². The van der Waals surface area contributed by atoms with Crippen molar-refractivity contribution in [3.05, 3.63) is 36.0 Å². The van der Waals surface area contributed by atoms with E-state index in [1.54, 1.807) is 37.4 Å². The molecule has 0 saturated carbocycles. The number of esters is 1. The maximum atomic E-state index is 11.6. The highest BCUT2D eigenvalue weighted by molar-refractivity contribution is 5.89. The zero-order valence-corrected chi connectivity index (χ0v) is 13.4. The standard InChI is InChI=1S/C16H21N5O2/c1-3-5-10-17-16-20-14(11-18-21-16)19-13-8-6-12(7-9-13)15(22)23-4-2/h6-9,11H,3-5,10H2,1-2H3,(H2,17,19,20,21). The molecule has 0 atom stereocenters. The Hall–Kier alpha value is -2.70. The van der Waals surface area contributed by atoms with Gasteiger partial charge in [-0.25, -0.2) is 4.79 Å². The second-order valence-electron chi connectivity index (χ2n) is 4.87. The smallest absolute Gasteiger partial charge is 0.338 e. The van der Waals surface area contributed by atoms with E-state index in [-0.39, 0.29) is 5.97 Å². The number of aromatic nitrogens is 3. The van der Waals surface area contributed by atoms with E-state index in [0.717, 1.165) is 25.1 Å². The molecule has 1 aromatic heterocycles. The molecule has 0 radical (unpaired) electrons. The van der Waals surface area contributed by atoms with Gasteiger partial charge in [-0.1, -0.05) is 13.3 Å². The summed E-state index contributed by atoms with van der Waals surface area (Å²) >= 11 is 0. The average Bonchev–Trinajstić information content (AvgIpc) is 2.56. The number of nitrogens with one attached hydrogen (secondary N) is 2. The molecule has 2 N–H and O–H groups in total. The van der Waals surface area contributed by atoms with Gasteiger partial charge in [-0.15, -0.1) is 5.10 Å². The van der Waals surface area contributed by atoms with Crippen LogP contribution in [-0.2, 0) is 4.74 Å². The summed E-state index contributed by atoms with van der Waals surface area (Å²) in [6.45, 7) is 5.08. The molecule has 23 heavy (non-hydrogen) atoms. The second-order valence-corrected chi connectivity index (χ2v) is 4.87. The molecule has 0 amide bonds. The van der Waals surface area contributed by atoms with Crippen LogP contribution in [-0.4, -0.2) is 34.3 Å². The number of benzene rings is 1. The van der Waals surface area contributed by atoms with Crippen LogP contribution in [0.15, 0.2) is 30.5 Å². The van der Waals surface area contributed by atoms with E-state index in [4.69, 9.17) is 4.74 Å². The Balaban J connectivity index is 1.98. The van der Waals surface area contributed by atoms with Crippen molar-refractivity contribution >= 4 is 23.4 Å². The number of nitrogens with zero attached hydrogens (tertiary/aromatic N) is 3. The average molecular weight is 315 g/mol. The van der Waals surface area contributed by atoms with Crippen LogP contribution >= 0.6 is 0 Å². The Morgan fingerprint density at radius 3 is 2.70 bits per heavy atom. The Morgan fingerprint density at radius 2 is 2.00 bits per heavy atom. The lowest BCUT2D eigenvalue weighted by molar-refractivity contribution is 0.0526. The summed E-state index contributed by atoms with van der Waals surface area (Å²) in [5.74, 6) is 0.750. The van der Waals surface area contributed by atoms with Crippen LogP contribution in [0.1, 0.15) is 37.0 Å². The molecule has 1 aromatic carbocycles. The zero-order valence-electron chi connectivity index (χ0n) is 13.4. The second kappa shape index (κ2) is 8.67. The predicted molar refractivity (Wildman–Crippen MR) is 88.9 cm³/mol. The van der Waals surface area contributed by atoms with Crippen molar-refractivity contribution in [3.63, 3.8) is 0 Å². The van der Waals surface area contributed by atoms with Crippen molar-refractivity contribution in [2.75, 3.05) is 23.8 Å². The molecule has 0 saturated heterocycles. The van der Waals surface area contributed by atoms with Crippen LogP contribution in [0.5, 0.6) is 0 Å². The van der Waals surface area contributed by atoms with Gasteiger partial charge in [0.1, 0.15) is 0 Å². The number of unbranched alkanes of at least 4 members (excludes halogenated alkanes) is 1. The van der Waals surface area contributed by atoms with Crippen molar-refractivity contribution in [2.24, 2.45) is 0 Å². The summed E-state index contributed by atoms with van der Waals surface area (Å²) in [6, 6.07) is 6.99. The topological polar surface area (TPSA) is 89.0 Å². The molecule has 0 bridgehead atoms. The minimum atomic E-state index is -0.329. The molecular formula is C16H21N5O2. The normalized spacial score (nSPS) is 10.2. The fourth-order valence-electron chi connectivity index (χ4n) is 1.87. The summed E-state index contributed by atoms with van der Waals surface area (Å²) in [5, 5.41) is 14.1. The minimum Gasteiger partial charge on any atom is -0.462 e. The summed E-state index contributed by atoms with van der Waals surface area (Å²) in [6.07, 6.45) is 3.70. The molecular weight excluding hydrogens is 294 g/mol. The quantitative estimate of drug-likeness (QED) is 0.571. The Kier molecular flexibility index (Phi) is 6.28. The number of rotatable bonds is 8. The number of hydrogen-bond donors (Lipinski definition) is 2. The molecule has 0 aliphatic carbocycles. The third-order valence-corrected chi connectivity index (χ3v) is 3.04. The van der Waals surface area contributed by atoms with Gasteiger partial charge >= 0.3 is 5.97 Å². The van der Waals surface area contributed by atoms with Crippen LogP contribution in [0, 0.1) is 0 Å².